The first kappa shape index (κ1) is 19.2. The molecular formula is C12H26CoN2O2. The van der Waals surface area contributed by atoms with E-state index in [4.69, 9.17) is 10.9 Å². The van der Waals surface area contributed by atoms with Gasteiger partial charge in [-0.3, -0.25) is 10.0 Å². The van der Waals surface area contributed by atoms with Crippen LogP contribution in [-0.2, 0) is 21.6 Å². The Morgan fingerprint density at radius 2 is 1.29 bits per heavy atom. The van der Waals surface area contributed by atoms with Gasteiger partial charge in [-0.2, -0.15) is 0 Å². The summed E-state index contributed by atoms with van der Waals surface area (Å²) in [4.78, 5) is 10.7. The van der Waals surface area contributed by atoms with Crippen LogP contribution in [-0.4, -0.2) is 17.7 Å². The van der Waals surface area contributed by atoms with E-state index in [0.29, 0.717) is 6.42 Å². The Balaban J connectivity index is 0. The molecule has 0 rings (SSSR count). The van der Waals surface area contributed by atoms with E-state index in [1.165, 1.54) is 38.5 Å². The van der Waals surface area contributed by atoms with E-state index in [1.54, 1.807) is 5.48 Å². The maximum absolute atomic E-state index is 10.7. The van der Waals surface area contributed by atoms with Crippen molar-refractivity contribution in [2.75, 3.05) is 6.54 Å². The van der Waals surface area contributed by atoms with Gasteiger partial charge < -0.3 is 5.73 Å². The predicted molar refractivity (Wildman–Crippen MR) is 65.2 cm³/mol. The Hall–Kier alpha value is -0.104. The molecule has 4 N–H and O–H groups in total. The van der Waals surface area contributed by atoms with Crippen molar-refractivity contribution in [2.24, 2.45) is 5.73 Å². The molecule has 1 amide bonds. The van der Waals surface area contributed by atoms with Crippen molar-refractivity contribution in [3.05, 3.63) is 0 Å². The first-order chi connectivity index (χ1) is 7.81. The van der Waals surface area contributed by atoms with Crippen LogP contribution in [0.25, 0.3) is 0 Å². The Labute approximate surface area is 115 Å². The van der Waals surface area contributed by atoms with Crippen LogP contribution in [0.3, 0.4) is 0 Å². The summed E-state index contributed by atoms with van der Waals surface area (Å²) in [5, 5.41) is 8.27. The number of hydrogen-bond acceptors (Lipinski definition) is 3. The summed E-state index contributed by atoms with van der Waals surface area (Å²) in [5.41, 5.74) is 7.06. The Bertz CT molecular complexity index is 169. The van der Waals surface area contributed by atoms with Gasteiger partial charge in [-0.05, 0) is 19.4 Å². The van der Waals surface area contributed by atoms with Gasteiger partial charge in [0.15, 0.2) is 0 Å². The number of amides is 1. The Morgan fingerprint density at radius 1 is 0.882 bits per heavy atom. The molecule has 0 spiro atoms. The van der Waals surface area contributed by atoms with Gasteiger partial charge in [0.25, 0.3) is 0 Å². The summed E-state index contributed by atoms with van der Waals surface area (Å²) < 4.78 is 0. The summed E-state index contributed by atoms with van der Waals surface area (Å²) in [7, 11) is 0. The third-order valence-electron chi connectivity index (χ3n) is 2.73. The molecule has 4 nitrogen and oxygen atoms in total. The van der Waals surface area contributed by atoms with Gasteiger partial charge in [0, 0.05) is 23.2 Å². The van der Waals surface area contributed by atoms with E-state index in [1.807, 2.05) is 0 Å². The summed E-state index contributed by atoms with van der Waals surface area (Å²) in [5.74, 6) is -0.276. The van der Waals surface area contributed by atoms with Gasteiger partial charge in [-0.1, -0.05) is 44.9 Å². The molecule has 0 atom stereocenters. The number of carbonyl (C=O) groups is 1. The van der Waals surface area contributed by atoms with Crippen molar-refractivity contribution in [3.63, 3.8) is 0 Å². The molecule has 0 aromatic heterocycles. The minimum atomic E-state index is -0.276. The molecule has 17 heavy (non-hydrogen) atoms. The SMILES string of the molecule is NCCCCCCCCCCCC(=O)NO.[Co]. The van der Waals surface area contributed by atoms with Crippen molar-refractivity contribution in [1.29, 1.82) is 0 Å². The molecule has 0 aliphatic heterocycles. The van der Waals surface area contributed by atoms with Gasteiger partial charge in [0.2, 0.25) is 5.91 Å². The van der Waals surface area contributed by atoms with E-state index in [2.05, 4.69) is 0 Å². The van der Waals surface area contributed by atoms with Crippen molar-refractivity contribution in [1.82, 2.24) is 5.48 Å². The Morgan fingerprint density at radius 3 is 1.71 bits per heavy atom. The van der Waals surface area contributed by atoms with Crippen LogP contribution < -0.4 is 11.2 Å². The van der Waals surface area contributed by atoms with E-state index >= 15 is 0 Å². The third-order valence-corrected chi connectivity index (χ3v) is 2.73. The standard InChI is InChI=1S/C12H26N2O2.Co/c13-11-9-7-5-3-1-2-4-6-8-10-12(15)14-16;/h16H,1-11,13H2,(H,14,15);. The van der Waals surface area contributed by atoms with E-state index in [9.17, 15) is 4.79 Å². The smallest absolute Gasteiger partial charge is 0.243 e. The number of nitrogens with one attached hydrogen (secondary N) is 1. The molecule has 0 aliphatic carbocycles. The molecular weight excluding hydrogens is 263 g/mol. The van der Waals surface area contributed by atoms with Crippen molar-refractivity contribution >= 4 is 5.91 Å². The summed E-state index contributed by atoms with van der Waals surface area (Å²) in [6.45, 7) is 0.812. The first-order valence-corrected chi connectivity index (χ1v) is 6.44. The fourth-order valence-electron chi connectivity index (χ4n) is 1.72. The van der Waals surface area contributed by atoms with Gasteiger partial charge >= 0.3 is 0 Å². The summed E-state index contributed by atoms with van der Waals surface area (Å²) in [6, 6.07) is 0. The minimum absolute atomic E-state index is 0. The number of hydroxylamine groups is 1. The molecule has 0 aliphatic rings. The molecule has 0 saturated heterocycles. The number of rotatable bonds is 11. The van der Waals surface area contributed by atoms with Crippen molar-refractivity contribution in [2.45, 2.75) is 64.2 Å². The van der Waals surface area contributed by atoms with Crippen LogP contribution >= 0.6 is 0 Å². The second-order valence-corrected chi connectivity index (χ2v) is 4.26. The number of unbranched alkanes of at least 4 members (excludes halogenated alkanes) is 8. The molecule has 0 heterocycles. The molecule has 0 saturated carbocycles. The summed E-state index contributed by atoms with van der Waals surface area (Å²) in [6.07, 6.45) is 11.1. The molecule has 0 aromatic carbocycles. The average molecular weight is 289 g/mol. The van der Waals surface area contributed by atoms with Gasteiger partial charge in [0.05, 0.1) is 0 Å². The molecule has 1 radical (unpaired) electrons. The van der Waals surface area contributed by atoms with Crippen LogP contribution in [0.1, 0.15) is 64.2 Å². The van der Waals surface area contributed by atoms with E-state index in [-0.39, 0.29) is 22.7 Å². The molecule has 0 bridgehead atoms. The van der Waals surface area contributed by atoms with Crippen LogP contribution in [0.4, 0.5) is 0 Å². The average Bonchev–Trinajstić information content (AvgIpc) is 2.31. The number of carbonyl (C=O) groups excluding carboxylic acids is 1. The maximum Gasteiger partial charge on any atom is 0.243 e. The van der Waals surface area contributed by atoms with Crippen LogP contribution in [0.15, 0.2) is 0 Å². The molecule has 0 aromatic rings. The topological polar surface area (TPSA) is 75.4 Å². The zero-order valence-corrected chi connectivity index (χ0v) is 11.6. The first-order valence-electron chi connectivity index (χ1n) is 6.44. The normalized spacial score (nSPS) is 9.76. The van der Waals surface area contributed by atoms with Crippen LogP contribution in [0, 0.1) is 0 Å². The number of hydrogen-bond donors (Lipinski definition) is 3. The second-order valence-electron chi connectivity index (χ2n) is 4.26. The molecule has 0 fully saturated rings. The second kappa shape index (κ2) is 15.9. The summed E-state index contributed by atoms with van der Waals surface area (Å²) >= 11 is 0. The molecule has 105 valence electrons. The maximum atomic E-state index is 10.7. The zero-order valence-electron chi connectivity index (χ0n) is 10.5. The quantitative estimate of drug-likeness (QED) is 0.310. The van der Waals surface area contributed by atoms with Crippen molar-refractivity contribution < 1.29 is 26.8 Å². The molecule has 5 heteroatoms. The zero-order chi connectivity index (χ0) is 12.1. The predicted octanol–water partition coefficient (Wildman–Crippen LogP) is 2.35. The van der Waals surface area contributed by atoms with Crippen molar-refractivity contribution in [3.8, 4) is 0 Å². The fourth-order valence-corrected chi connectivity index (χ4v) is 1.72. The largest absolute Gasteiger partial charge is 0.330 e. The van der Waals surface area contributed by atoms with Crippen LogP contribution in [0.2, 0.25) is 0 Å². The number of nitrogens with two attached hydrogens (primary N) is 1. The van der Waals surface area contributed by atoms with E-state index in [0.717, 1.165) is 25.8 Å². The van der Waals surface area contributed by atoms with Gasteiger partial charge in [-0.25, -0.2) is 5.48 Å². The molecule has 0 unspecified atom stereocenters. The monoisotopic (exact) mass is 289 g/mol. The Kier molecular flexibility index (Phi) is 18.0. The fraction of sp³-hybridized carbons (Fsp3) is 0.917. The van der Waals surface area contributed by atoms with E-state index < -0.39 is 0 Å². The van der Waals surface area contributed by atoms with Gasteiger partial charge in [0.1, 0.15) is 0 Å². The minimum Gasteiger partial charge on any atom is -0.330 e. The van der Waals surface area contributed by atoms with Gasteiger partial charge in [-0.15, -0.1) is 0 Å². The van der Waals surface area contributed by atoms with Crippen LogP contribution in [0.5, 0.6) is 0 Å². The third kappa shape index (κ3) is 15.9.